The summed E-state index contributed by atoms with van der Waals surface area (Å²) in [6.45, 7) is 2.05. The Morgan fingerprint density at radius 3 is 2.82 bits per heavy atom. The van der Waals surface area contributed by atoms with Crippen LogP contribution in [0.15, 0.2) is 46.3 Å². The standard InChI is InChI=1S/C21H20F2N8O2/c1-12(32)17(25-9-13-4-2-3-5-14(13)22)8-16(24)19-26-10-15(23)20(27-19)30-6-7-31-18(11-30)28-29-21(31)33/h2-5,8,10H,6-7,9,11,24H2,1H3,(H,29,33). The molecule has 3 heterocycles. The van der Waals surface area contributed by atoms with Crippen LogP contribution < -0.4 is 16.3 Å². The Morgan fingerprint density at radius 1 is 1.27 bits per heavy atom. The number of hydrogen-bond acceptors (Lipinski definition) is 8. The van der Waals surface area contributed by atoms with Gasteiger partial charge in [-0.1, -0.05) is 18.2 Å². The normalized spacial score (nSPS) is 14.3. The second kappa shape index (κ2) is 9.10. The molecule has 0 bridgehead atoms. The summed E-state index contributed by atoms with van der Waals surface area (Å²) in [5.74, 6) is -1.05. The number of anilines is 1. The van der Waals surface area contributed by atoms with Crippen LogP contribution in [0.25, 0.3) is 5.70 Å². The number of nitrogens with zero attached hydrogens (tertiary/aromatic N) is 6. The van der Waals surface area contributed by atoms with Crippen molar-refractivity contribution in [1.29, 1.82) is 0 Å². The summed E-state index contributed by atoms with van der Waals surface area (Å²) in [6.07, 6.45) is 2.26. The number of carbonyl (C=O) groups excluding carboxylic acids is 1. The van der Waals surface area contributed by atoms with Crippen LogP contribution in [0.1, 0.15) is 24.1 Å². The third kappa shape index (κ3) is 4.68. The molecule has 0 radical (unpaired) electrons. The van der Waals surface area contributed by atoms with E-state index in [-0.39, 0.29) is 47.6 Å². The molecule has 0 fully saturated rings. The molecular formula is C21H20F2N8O2. The Morgan fingerprint density at radius 2 is 2.06 bits per heavy atom. The first kappa shape index (κ1) is 22.0. The number of aliphatic imine (C=N–C) groups is 1. The first-order valence-electron chi connectivity index (χ1n) is 10.0. The van der Waals surface area contributed by atoms with Gasteiger partial charge in [-0.25, -0.2) is 28.6 Å². The molecular weight excluding hydrogens is 434 g/mol. The number of ketones is 1. The van der Waals surface area contributed by atoms with E-state index < -0.39 is 11.6 Å². The fraction of sp³-hybridized carbons (Fsp3) is 0.238. The second-order valence-electron chi connectivity index (χ2n) is 7.33. The molecule has 170 valence electrons. The molecule has 0 amide bonds. The zero-order valence-corrected chi connectivity index (χ0v) is 17.6. The van der Waals surface area contributed by atoms with Gasteiger partial charge in [0.2, 0.25) is 0 Å². The molecule has 0 aliphatic carbocycles. The molecule has 1 aliphatic rings. The maximum atomic E-state index is 14.5. The topological polar surface area (TPSA) is 135 Å². The molecule has 10 nitrogen and oxygen atoms in total. The summed E-state index contributed by atoms with van der Waals surface area (Å²) < 4.78 is 29.8. The molecule has 3 aromatic rings. The minimum absolute atomic E-state index is 0.00346. The quantitative estimate of drug-likeness (QED) is 0.534. The lowest BCUT2D eigenvalue weighted by molar-refractivity contribution is -0.111. The van der Waals surface area contributed by atoms with Crippen LogP contribution in [-0.4, -0.2) is 42.8 Å². The minimum atomic E-state index is -0.669. The molecule has 12 heteroatoms. The third-order valence-corrected chi connectivity index (χ3v) is 5.08. The van der Waals surface area contributed by atoms with Gasteiger partial charge < -0.3 is 10.6 Å². The SMILES string of the molecule is CC(=O)C(C=C(N)c1ncc(F)c(N2CCn3c(n[nH]c3=O)C2)n1)=NCc1ccccc1F. The van der Waals surface area contributed by atoms with Crippen molar-refractivity contribution in [2.75, 3.05) is 11.4 Å². The third-order valence-electron chi connectivity index (χ3n) is 5.08. The summed E-state index contributed by atoms with van der Waals surface area (Å²) in [4.78, 5) is 37.6. The van der Waals surface area contributed by atoms with Gasteiger partial charge in [0.25, 0.3) is 0 Å². The number of hydrogen-bond donors (Lipinski definition) is 2. The van der Waals surface area contributed by atoms with Gasteiger partial charge in [-0.3, -0.25) is 14.4 Å². The molecule has 0 spiro atoms. The van der Waals surface area contributed by atoms with Crippen LogP contribution in [-0.2, 0) is 24.4 Å². The number of nitrogens with one attached hydrogen (secondary N) is 1. The van der Waals surface area contributed by atoms with Crippen LogP contribution in [0.3, 0.4) is 0 Å². The first-order chi connectivity index (χ1) is 15.8. The Balaban J connectivity index is 1.60. The predicted molar refractivity (Wildman–Crippen MR) is 116 cm³/mol. The molecule has 0 unspecified atom stereocenters. The highest BCUT2D eigenvalue weighted by molar-refractivity contribution is 6.44. The number of fused-ring (bicyclic) bond motifs is 1. The highest BCUT2D eigenvalue weighted by atomic mass is 19.1. The van der Waals surface area contributed by atoms with E-state index in [4.69, 9.17) is 5.73 Å². The Hall–Kier alpha value is -4.22. The smallest absolute Gasteiger partial charge is 0.343 e. The van der Waals surface area contributed by atoms with E-state index in [9.17, 15) is 18.4 Å². The van der Waals surface area contributed by atoms with E-state index in [1.165, 1.54) is 23.6 Å². The molecule has 0 atom stereocenters. The number of benzene rings is 1. The summed E-state index contributed by atoms with van der Waals surface area (Å²) >= 11 is 0. The lowest BCUT2D eigenvalue weighted by Crippen LogP contribution is -2.38. The summed E-state index contributed by atoms with van der Waals surface area (Å²) in [7, 11) is 0. The van der Waals surface area contributed by atoms with Crippen LogP contribution in [0.5, 0.6) is 0 Å². The maximum Gasteiger partial charge on any atom is 0.343 e. The lowest BCUT2D eigenvalue weighted by atomic mass is 10.2. The monoisotopic (exact) mass is 454 g/mol. The fourth-order valence-corrected chi connectivity index (χ4v) is 3.34. The van der Waals surface area contributed by atoms with Crippen molar-refractivity contribution in [1.82, 2.24) is 24.7 Å². The molecule has 0 saturated carbocycles. The van der Waals surface area contributed by atoms with Gasteiger partial charge in [-0.05, 0) is 12.1 Å². The molecule has 4 rings (SSSR count). The van der Waals surface area contributed by atoms with Crippen molar-refractivity contribution in [3.63, 3.8) is 0 Å². The number of aromatic amines is 1. The predicted octanol–water partition coefficient (Wildman–Crippen LogP) is 1.19. The van der Waals surface area contributed by atoms with Gasteiger partial charge in [-0.2, -0.15) is 5.10 Å². The average molecular weight is 454 g/mol. The zero-order valence-electron chi connectivity index (χ0n) is 17.6. The van der Waals surface area contributed by atoms with E-state index in [0.29, 0.717) is 24.5 Å². The molecule has 3 N–H and O–H groups in total. The second-order valence-corrected chi connectivity index (χ2v) is 7.33. The fourth-order valence-electron chi connectivity index (χ4n) is 3.34. The minimum Gasteiger partial charge on any atom is -0.396 e. The van der Waals surface area contributed by atoms with Crippen molar-refractivity contribution in [3.05, 3.63) is 75.9 Å². The van der Waals surface area contributed by atoms with Crippen LogP contribution in [0.4, 0.5) is 14.6 Å². The van der Waals surface area contributed by atoms with Crippen molar-refractivity contribution in [2.45, 2.75) is 26.6 Å². The van der Waals surface area contributed by atoms with Gasteiger partial charge in [0.1, 0.15) is 11.5 Å². The van der Waals surface area contributed by atoms with Gasteiger partial charge in [0.15, 0.2) is 29.1 Å². The lowest BCUT2D eigenvalue weighted by Gasteiger charge is -2.27. The number of aromatic nitrogens is 5. The Labute approximate surface area is 186 Å². The van der Waals surface area contributed by atoms with Crippen LogP contribution in [0.2, 0.25) is 0 Å². The summed E-state index contributed by atoms with van der Waals surface area (Å²) in [6, 6.07) is 6.10. The summed E-state index contributed by atoms with van der Waals surface area (Å²) in [5, 5.41) is 6.29. The van der Waals surface area contributed by atoms with Gasteiger partial charge in [-0.15, -0.1) is 0 Å². The van der Waals surface area contributed by atoms with Gasteiger partial charge in [0.05, 0.1) is 25.0 Å². The van der Waals surface area contributed by atoms with Crippen molar-refractivity contribution < 1.29 is 13.6 Å². The van der Waals surface area contributed by atoms with E-state index >= 15 is 0 Å². The largest absolute Gasteiger partial charge is 0.396 e. The van der Waals surface area contributed by atoms with E-state index in [1.54, 1.807) is 23.1 Å². The zero-order chi connectivity index (χ0) is 23.5. The van der Waals surface area contributed by atoms with Crippen molar-refractivity contribution in [2.24, 2.45) is 10.7 Å². The Bertz CT molecular complexity index is 1330. The molecule has 0 saturated heterocycles. The average Bonchev–Trinajstić information content (AvgIpc) is 3.17. The number of carbonyl (C=O) groups is 1. The van der Waals surface area contributed by atoms with Gasteiger partial charge >= 0.3 is 5.69 Å². The van der Waals surface area contributed by atoms with E-state index in [1.807, 2.05) is 0 Å². The van der Waals surface area contributed by atoms with Crippen LogP contribution >= 0.6 is 0 Å². The van der Waals surface area contributed by atoms with E-state index in [0.717, 1.165) is 6.20 Å². The maximum absolute atomic E-state index is 14.5. The number of rotatable bonds is 6. The number of nitrogens with two attached hydrogens (primary N) is 1. The number of allylic oxidation sites excluding steroid dienone is 1. The molecule has 33 heavy (non-hydrogen) atoms. The number of halogens is 2. The van der Waals surface area contributed by atoms with Crippen LogP contribution in [0, 0.1) is 11.6 Å². The highest BCUT2D eigenvalue weighted by Gasteiger charge is 2.24. The summed E-state index contributed by atoms with van der Waals surface area (Å²) in [5.41, 5.74) is 6.08. The first-order valence-corrected chi connectivity index (χ1v) is 10.0. The van der Waals surface area contributed by atoms with Gasteiger partial charge in [0, 0.05) is 25.6 Å². The Kier molecular flexibility index (Phi) is 6.07. The number of Topliss-reactive ketones (excluding diaryl/α,β-unsaturated/α-hetero) is 1. The van der Waals surface area contributed by atoms with Crippen molar-refractivity contribution in [3.8, 4) is 0 Å². The molecule has 2 aromatic heterocycles. The number of H-pyrrole nitrogens is 1. The highest BCUT2D eigenvalue weighted by Crippen LogP contribution is 2.21. The van der Waals surface area contributed by atoms with E-state index in [2.05, 4.69) is 25.2 Å². The molecule has 1 aliphatic heterocycles. The molecule has 1 aromatic carbocycles. The van der Waals surface area contributed by atoms with Crippen molar-refractivity contribution >= 4 is 23.0 Å².